The molecule has 6 nitrogen and oxygen atoms in total. The molecule has 0 spiro atoms. The highest BCUT2D eigenvalue weighted by Gasteiger charge is 2.11. The van der Waals surface area contributed by atoms with E-state index in [1.165, 1.54) is 11.3 Å². The SMILES string of the molecule is O=C(COC(=O)c1ccccc1)NNC(=O)c1cccs1. The molecule has 0 atom stereocenters. The number of nitrogens with one attached hydrogen (secondary N) is 2. The maximum absolute atomic E-state index is 11.6. The zero-order chi connectivity index (χ0) is 15.1. The molecule has 0 bridgehead atoms. The first-order chi connectivity index (χ1) is 10.2. The first-order valence-electron chi connectivity index (χ1n) is 6.01. The van der Waals surface area contributed by atoms with Gasteiger partial charge in [-0.15, -0.1) is 11.3 Å². The Labute approximate surface area is 124 Å². The van der Waals surface area contributed by atoms with Gasteiger partial charge >= 0.3 is 5.97 Å². The predicted octanol–water partition coefficient (Wildman–Crippen LogP) is 1.37. The van der Waals surface area contributed by atoms with Crippen molar-refractivity contribution in [1.82, 2.24) is 10.9 Å². The molecule has 7 heteroatoms. The highest BCUT2D eigenvalue weighted by atomic mass is 32.1. The van der Waals surface area contributed by atoms with Crippen molar-refractivity contribution in [3.05, 3.63) is 58.3 Å². The summed E-state index contributed by atoms with van der Waals surface area (Å²) in [5, 5.41) is 1.75. The summed E-state index contributed by atoms with van der Waals surface area (Å²) in [5.41, 5.74) is 4.75. The Morgan fingerprint density at radius 3 is 2.43 bits per heavy atom. The Morgan fingerprint density at radius 1 is 1.00 bits per heavy atom. The Bertz CT molecular complexity index is 626. The van der Waals surface area contributed by atoms with Crippen LogP contribution in [0.1, 0.15) is 20.0 Å². The first-order valence-corrected chi connectivity index (χ1v) is 6.89. The van der Waals surface area contributed by atoms with Crippen LogP contribution in [-0.2, 0) is 9.53 Å². The average Bonchev–Trinajstić information content (AvgIpc) is 3.05. The van der Waals surface area contributed by atoms with E-state index in [1.54, 1.807) is 47.8 Å². The molecule has 21 heavy (non-hydrogen) atoms. The fraction of sp³-hybridized carbons (Fsp3) is 0.0714. The second-order valence-corrected chi connectivity index (χ2v) is 4.87. The minimum atomic E-state index is -0.621. The van der Waals surface area contributed by atoms with Crippen molar-refractivity contribution in [1.29, 1.82) is 0 Å². The quantitative estimate of drug-likeness (QED) is 0.660. The van der Waals surface area contributed by atoms with Gasteiger partial charge in [0.15, 0.2) is 6.61 Å². The molecule has 0 saturated heterocycles. The van der Waals surface area contributed by atoms with Crippen LogP contribution in [0.2, 0.25) is 0 Å². The first kappa shape index (κ1) is 14.7. The number of carbonyl (C=O) groups is 3. The number of rotatable bonds is 4. The number of hydrogen-bond acceptors (Lipinski definition) is 5. The van der Waals surface area contributed by atoms with Crippen molar-refractivity contribution >= 4 is 29.1 Å². The summed E-state index contributed by atoms with van der Waals surface area (Å²) in [5.74, 6) is -1.65. The molecule has 2 amide bonds. The van der Waals surface area contributed by atoms with Crippen molar-refractivity contribution < 1.29 is 19.1 Å². The van der Waals surface area contributed by atoms with Crippen LogP contribution in [0.15, 0.2) is 47.8 Å². The van der Waals surface area contributed by atoms with Crippen LogP contribution in [0, 0.1) is 0 Å². The lowest BCUT2D eigenvalue weighted by molar-refractivity contribution is -0.125. The minimum Gasteiger partial charge on any atom is -0.452 e. The third kappa shape index (κ3) is 4.43. The van der Waals surface area contributed by atoms with Gasteiger partial charge in [-0.2, -0.15) is 0 Å². The van der Waals surface area contributed by atoms with Gasteiger partial charge in [-0.1, -0.05) is 24.3 Å². The smallest absolute Gasteiger partial charge is 0.338 e. The van der Waals surface area contributed by atoms with Crippen molar-refractivity contribution in [3.8, 4) is 0 Å². The number of ether oxygens (including phenoxy) is 1. The van der Waals surface area contributed by atoms with Crippen LogP contribution < -0.4 is 10.9 Å². The summed E-state index contributed by atoms with van der Waals surface area (Å²) in [6, 6.07) is 11.7. The van der Waals surface area contributed by atoms with E-state index in [4.69, 9.17) is 4.74 Å². The molecule has 2 rings (SSSR count). The number of amides is 2. The zero-order valence-corrected chi connectivity index (χ0v) is 11.7. The fourth-order valence-electron chi connectivity index (χ4n) is 1.42. The summed E-state index contributed by atoms with van der Waals surface area (Å²) >= 11 is 1.25. The summed E-state index contributed by atoms with van der Waals surface area (Å²) in [6.07, 6.45) is 0. The lowest BCUT2D eigenvalue weighted by atomic mass is 10.2. The van der Waals surface area contributed by atoms with Gasteiger partial charge in [0.25, 0.3) is 11.8 Å². The van der Waals surface area contributed by atoms with Gasteiger partial charge in [0.1, 0.15) is 0 Å². The summed E-state index contributed by atoms with van der Waals surface area (Å²) < 4.78 is 4.81. The van der Waals surface area contributed by atoms with E-state index in [2.05, 4.69) is 10.9 Å². The molecule has 0 radical (unpaired) electrons. The third-order valence-corrected chi connectivity index (χ3v) is 3.27. The number of carbonyl (C=O) groups excluding carboxylic acids is 3. The number of esters is 1. The van der Waals surface area contributed by atoms with E-state index in [1.807, 2.05) is 0 Å². The molecule has 0 fully saturated rings. The molecule has 0 aliphatic heterocycles. The molecule has 2 N–H and O–H groups in total. The Kier molecular flexibility index (Phi) is 5.05. The summed E-state index contributed by atoms with van der Waals surface area (Å²) in [4.78, 5) is 35.1. The Morgan fingerprint density at radius 2 is 1.76 bits per heavy atom. The molecule has 108 valence electrons. The van der Waals surface area contributed by atoms with Gasteiger partial charge in [0.2, 0.25) is 0 Å². The van der Waals surface area contributed by atoms with Gasteiger partial charge in [-0.05, 0) is 23.6 Å². The largest absolute Gasteiger partial charge is 0.452 e. The van der Waals surface area contributed by atoms with Crippen molar-refractivity contribution in [2.24, 2.45) is 0 Å². The van der Waals surface area contributed by atoms with Gasteiger partial charge in [-0.3, -0.25) is 20.4 Å². The lowest BCUT2D eigenvalue weighted by Crippen LogP contribution is -2.43. The monoisotopic (exact) mass is 304 g/mol. The van der Waals surface area contributed by atoms with Gasteiger partial charge in [0.05, 0.1) is 10.4 Å². The topological polar surface area (TPSA) is 84.5 Å². The van der Waals surface area contributed by atoms with Crippen LogP contribution in [0.4, 0.5) is 0 Å². The van der Waals surface area contributed by atoms with E-state index < -0.39 is 24.4 Å². The number of benzene rings is 1. The molecular formula is C14H12N2O4S. The summed E-state index contributed by atoms with van der Waals surface area (Å²) in [7, 11) is 0. The molecule has 0 saturated carbocycles. The molecule has 1 aromatic carbocycles. The molecule has 2 aromatic rings. The molecule has 0 aliphatic carbocycles. The van der Waals surface area contributed by atoms with Gasteiger partial charge < -0.3 is 4.74 Å². The standard InChI is InChI=1S/C14H12N2O4S/c17-12(15-16-13(18)11-7-4-8-21-11)9-20-14(19)10-5-2-1-3-6-10/h1-8H,9H2,(H,15,17)(H,16,18). The predicted molar refractivity (Wildman–Crippen MR) is 76.7 cm³/mol. The van der Waals surface area contributed by atoms with Crippen LogP contribution in [0.25, 0.3) is 0 Å². The highest BCUT2D eigenvalue weighted by molar-refractivity contribution is 7.12. The van der Waals surface area contributed by atoms with Crippen molar-refractivity contribution in [3.63, 3.8) is 0 Å². The van der Waals surface area contributed by atoms with Gasteiger partial charge in [0, 0.05) is 0 Å². The normalized spacial score (nSPS) is 9.71. The van der Waals surface area contributed by atoms with E-state index >= 15 is 0 Å². The summed E-state index contributed by atoms with van der Waals surface area (Å²) in [6.45, 7) is -0.474. The second-order valence-electron chi connectivity index (χ2n) is 3.92. The maximum Gasteiger partial charge on any atom is 0.338 e. The zero-order valence-electron chi connectivity index (χ0n) is 10.9. The molecule has 0 aliphatic rings. The average molecular weight is 304 g/mol. The van der Waals surface area contributed by atoms with Crippen LogP contribution in [-0.4, -0.2) is 24.4 Å². The second kappa shape index (κ2) is 7.20. The van der Waals surface area contributed by atoms with Crippen molar-refractivity contribution in [2.75, 3.05) is 6.61 Å². The minimum absolute atomic E-state index is 0.355. The number of thiophene rings is 1. The third-order valence-electron chi connectivity index (χ3n) is 2.40. The highest BCUT2D eigenvalue weighted by Crippen LogP contribution is 2.07. The molecule has 0 unspecified atom stereocenters. The number of hydrogen-bond donors (Lipinski definition) is 2. The van der Waals surface area contributed by atoms with Crippen LogP contribution in [0.5, 0.6) is 0 Å². The molecular weight excluding hydrogens is 292 g/mol. The Hall–Kier alpha value is -2.67. The lowest BCUT2D eigenvalue weighted by Gasteiger charge is -2.07. The van der Waals surface area contributed by atoms with Crippen LogP contribution in [0.3, 0.4) is 0 Å². The van der Waals surface area contributed by atoms with E-state index in [0.717, 1.165) is 0 Å². The van der Waals surface area contributed by atoms with Crippen LogP contribution >= 0.6 is 11.3 Å². The molecule has 1 heterocycles. The number of hydrazine groups is 1. The van der Waals surface area contributed by atoms with E-state index in [-0.39, 0.29) is 0 Å². The van der Waals surface area contributed by atoms with Crippen molar-refractivity contribution in [2.45, 2.75) is 0 Å². The maximum atomic E-state index is 11.6. The van der Waals surface area contributed by atoms with E-state index in [9.17, 15) is 14.4 Å². The van der Waals surface area contributed by atoms with E-state index in [0.29, 0.717) is 10.4 Å². The Balaban J connectivity index is 1.73. The fourth-order valence-corrected chi connectivity index (χ4v) is 2.04. The molecule has 1 aromatic heterocycles. The van der Waals surface area contributed by atoms with Gasteiger partial charge in [-0.25, -0.2) is 4.79 Å².